The largest absolute Gasteiger partial charge is 0.489 e. The fourth-order valence-electron chi connectivity index (χ4n) is 2.89. The molecule has 2 aromatic carbocycles. The third kappa shape index (κ3) is 4.69. The lowest BCUT2D eigenvalue weighted by Gasteiger charge is -2.06. The monoisotopic (exact) mass is 422 g/mol. The summed E-state index contributed by atoms with van der Waals surface area (Å²) in [5.41, 5.74) is 2.40. The fourth-order valence-corrected chi connectivity index (χ4v) is 3.02. The molecule has 0 aliphatic carbocycles. The SMILES string of the molecule is Cc1onc(C(=O)Nc2cnn(Cc3ccc(Cl)cc3)c2)c1COc1ccccc1. The highest BCUT2D eigenvalue weighted by Crippen LogP contribution is 2.19. The van der Waals surface area contributed by atoms with Crippen LogP contribution < -0.4 is 10.1 Å². The normalized spacial score (nSPS) is 10.7. The number of carbonyl (C=O) groups excluding carboxylic acids is 1. The summed E-state index contributed by atoms with van der Waals surface area (Å²) in [4.78, 5) is 12.7. The van der Waals surface area contributed by atoms with E-state index in [0.29, 0.717) is 34.3 Å². The molecule has 0 spiro atoms. The van der Waals surface area contributed by atoms with Gasteiger partial charge in [0, 0.05) is 11.2 Å². The topological polar surface area (TPSA) is 82.2 Å². The van der Waals surface area contributed by atoms with E-state index in [-0.39, 0.29) is 18.2 Å². The van der Waals surface area contributed by atoms with Crippen LogP contribution in [0.25, 0.3) is 0 Å². The van der Waals surface area contributed by atoms with Crippen molar-refractivity contribution in [3.8, 4) is 5.75 Å². The van der Waals surface area contributed by atoms with E-state index in [1.54, 1.807) is 24.0 Å². The molecule has 0 aliphatic rings. The number of hydrogen-bond donors (Lipinski definition) is 1. The van der Waals surface area contributed by atoms with Crippen LogP contribution >= 0.6 is 11.6 Å². The summed E-state index contributed by atoms with van der Waals surface area (Å²) >= 11 is 5.91. The van der Waals surface area contributed by atoms with Gasteiger partial charge in [-0.2, -0.15) is 5.10 Å². The molecule has 8 heteroatoms. The van der Waals surface area contributed by atoms with Crippen LogP contribution in [-0.4, -0.2) is 20.8 Å². The molecule has 2 heterocycles. The zero-order valence-electron chi connectivity index (χ0n) is 16.2. The molecule has 4 rings (SSSR count). The quantitative estimate of drug-likeness (QED) is 0.466. The number of nitrogens with one attached hydrogen (secondary N) is 1. The van der Waals surface area contributed by atoms with Crippen molar-refractivity contribution in [3.05, 3.63) is 94.6 Å². The number of para-hydroxylation sites is 1. The van der Waals surface area contributed by atoms with Gasteiger partial charge in [-0.1, -0.05) is 47.1 Å². The van der Waals surface area contributed by atoms with E-state index < -0.39 is 0 Å². The van der Waals surface area contributed by atoms with Crippen LogP contribution in [0, 0.1) is 6.92 Å². The first-order valence-electron chi connectivity index (χ1n) is 9.30. The van der Waals surface area contributed by atoms with E-state index in [1.807, 2.05) is 54.6 Å². The van der Waals surface area contributed by atoms with Crippen LogP contribution in [-0.2, 0) is 13.2 Å². The average Bonchev–Trinajstić information content (AvgIpc) is 3.35. The number of rotatable bonds is 7. The fraction of sp³-hybridized carbons (Fsp3) is 0.136. The highest BCUT2D eigenvalue weighted by molar-refractivity contribution is 6.30. The number of ether oxygens (including phenoxy) is 1. The van der Waals surface area contributed by atoms with E-state index in [0.717, 1.165) is 5.56 Å². The standard InChI is InChI=1S/C22H19ClN4O3/c1-15-20(14-29-19-5-3-2-4-6-19)21(26-30-15)22(28)25-18-11-24-27(13-18)12-16-7-9-17(23)10-8-16/h2-11,13H,12,14H2,1H3,(H,25,28). The Labute approximate surface area is 178 Å². The molecule has 1 N–H and O–H groups in total. The number of benzene rings is 2. The molecule has 0 saturated heterocycles. The third-order valence-electron chi connectivity index (χ3n) is 4.48. The first-order valence-corrected chi connectivity index (χ1v) is 9.67. The second-order valence-electron chi connectivity index (χ2n) is 6.67. The van der Waals surface area contributed by atoms with Gasteiger partial charge < -0.3 is 14.6 Å². The Kier molecular flexibility index (Phi) is 5.81. The maximum atomic E-state index is 12.7. The van der Waals surface area contributed by atoms with E-state index in [4.69, 9.17) is 20.9 Å². The summed E-state index contributed by atoms with van der Waals surface area (Å²) in [6.07, 6.45) is 3.33. The van der Waals surface area contributed by atoms with Crippen molar-refractivity contribution in [2.24, 2.45) is 0 Å². The summed E-state index contributed by atoms with van der Waals surface area (Å²) in [5.74, 6) is 0.854. The Balaban J connectivity index is 1.42. The van der Waals surface area contributed by atoms with Crippen molar-refractivity contribution < 1.29 is 14.1 Å². The molecule has 4 aromatic rings. The predicted octanol–water partition coefficient (Wildman–Crippen LogP) is 4.71. The highest BCUT2D eigenvalue weighted by Gasteiger charge is 2.21. The van der Waals surface area contributed by atoms with Crippen LogP contribution in [0.3, 0.4) is 0 Å². The highest BCUT2D eigenvalue weighted by atomic mass is 35.5. The van der Waals surface area contributed by atoms with Crippen molar-refractivity contribution in [2.75, 3.05) is 5.32 Å². The minimum absolute atomic E-state index is 0.179. The Morgan fingerprint density at radius 3 is 2.70 bits per heavy atom. The predicted molar refractivity (Wildman–Crippen MR) is 113 cm³/mol. The molecule has 0 atom stereocenters. The second-order valence-corrected chi connectivity index (χ2v) is 7.11. The van der Waals surface area contributed by atoms with E-state index in [1.165, 1.54) is 0 Å². The lowest BCUT2D eigenvalue weighted by molar-refractivity contribution is 0.101. The molecule has 0 bridgehead atoms. The van der Waals surface area contributed by atoms with Crippen molar-refractivity contribution in [1.29, 1.82) is 0 Å². The van der Waals surface area contributed by atoms with Crippen LogP contribution in [0.4, 0.5) is 5.69 Å². The van der Waals surface area contributed by atoms with Gasteiger partial charge in [-0.15, -0.1) is 0 Å². The maximum absolute atomic E-state index is 12.7. The minimum Gasteiger partial charge on any atom is -0.489 e. The van der Waals surface area contributed by atoms with Crippen LogP contribution in [0.15, 0.2) is 71.5 Å². The van der Waals surface area contributed by atoms with Gasteiger partial charge >= 0.3 is 0 Å². The Morgan fingerprint density at radius 2 is 1.93 bits per heavy atom. The molecule has 30 heavy (non-hydrogen) atoms. The average molecular weight is 423 g/mol. The van der Waals surface area contributed by atoms with Gasteiger partial charge in [-0.3, -0.25) is 9.48 Å². The number of amides is 1. The zero-order chi connectivity index (χ0) is 20.9. The number of halogens is 1. The molecule has 1 amide bonds. The first kappa shape index (κ1) is 19.7. The maximum Gasteiger partial charge on any atom is 0.278 e. The number of carbonyl (C=O) groups is 1. The molecule has 0 fully saturated rings. The summed E-state index contributed by atoms with van der Waals surface area (Å²) in [7, 11) is 0. The minimum atomic E-state index is -0.385. The summed E-state index contributed by atoms with van der Waals surface area (Å²) < 4.78 is 12.7. The zero-order valence-corrected chi connectivity index (χ0v) is 17.0. The third-order valence-corrected chi connectivity index (χ3v) is 4.73. The lowest BCUT2D eigenvalue weighted by Crippen LogP contribution is -2.15. The first-order chi connectivity index (χ1) is 14.6. The van der Waals surface area contributed by atoms with Gasteiger partial charge in [-0.05, 0) is 36.8 Å². The molecule has 0 radical (unpaired) electrons. The number of anilines is 1. The Morgan fingerprint density at radius 1 is 1.17 bits per heavy atom. The second kappa shape index (κ2) is 8.84. The summed E-state index contributed by atoms with van der Waals surface area (Å²) in [6.45, 7) is 2.49. The van der Waals surface area contributed by atoms with Crippen molar-refractivity contribution in [2.45, 2.75) is 20.1 Å². The number of nitrogens with zero attached hydrogens (tertiary/aromatic N) is 3. The molecule has 0 aliphatic heterocycles. The van der Waals surface area contributed by atoms with Gasteiger partial charge in [0.15, 0.2) is 5.69 Å². The smallest absolute Gasteiger partial charge is 0.278 e. The van der Waals surface area contributed by atoms with Crippen LogP contribution in [0.5, 0.6) is 5.75 Å². The van der Waals surface area contributed by atoms with Crippen molar-refractivity contribution in [3.63, 3.8) is 0 Å². The van der Waals surface area contributed by atoms with Crippen LogP contribution in [0.1, 0.15) is 27.4 Å². The van der Waals surface area contributed by atoms with Crippen LogP contribution in [0.2, 0.25) is 5.02 Å². The van der Waals surface area contributed by atoms with Crippen molar-refractivity contribution in [1.82, 2.24) is 14.9 Å². The summed E-state index contributed by atoms with van der Waals surface area (Å²) in [6, 6.07) is 16.9. The van der Waals surface area contributed by atoms with E-state index in [9.17, 15) is 4.79 Å². The van der Waals surface area contributed by atoms with Gasteiger partial charge in [-0.25, -0.2) is 0 Å². The number of aryl methyl sites for hydroxylation is 1. The lowest BCUT2D eigenvalue weighted by atomic mass is 10.2. The molecule has 2 aromatic heterocycles. The van der Waals surface area contributed by atoms with Gasteiger partial charge in [0.25, 0.3) is 5.91 Å². The Bertz CT molecular complexity index is 1140. The molecule has 152 valence electrons. The van der Waals surface area contributed by atoms with Gasteiger partial charge in [0.05, 0.1) is 24.0 Å². The summed E-state index contributed by atoms with van der Waals surface area (Å²) in [5, 5.41) is 11.7. The molecular weight excluding hydrogens is 404 g/mol. The molecule has 0 saturated carbocycles. The van der Waals surface area contributed by atoms with E-state index >= 15 is 0 Å². The molecule has 0 unspecified atom stereocenters. The Hall–Kier alpha value is -3.58. The molecule has 7 nitrogen and oxygen atoms in total. The molecular formula is C22H19ClN4O3. The van der Waals surface area contributed by atoms with Crippen molar-refractivity contribution >= 4 is 23.2 Å². The van der Waals surface area contributed by atoms with E-state index in [2.05, 4.69) is 15.6 Å². The number of hydrogen-bond acceptors (Lipinski definition) is 5. The number of aromatic nitrogens is 3. The van der Waals surface area contributed by atoms with Gasteiger partial charge in [0.1, 0.15) is 18.1 Å². The van der Waals surface area contributed by atoms with Gasteiger partial charge in [0.2, 0.25) is 0 Å².